The summed E-state index contributed by atoms with van der Waals surface area (Å²) in [5, 5.41) is 36.4. The summed E-state index contributed by atoms with van der Waals surface area (Å²) in [6.07, 6.45) is -4.79. The molecule has 0 spiro atoms. The number of ether oxygens (including phenoxy) is 1. The Morgan fingerprint density at radius 3 is 1.95 bits per heavy atom. The maximum Gasteiger partial charge on any atom is 3.00 e. The number of imidazole rings is 1. The van der Waals surface area contributed by atoms with E-state index in [-0.39, 0.29) is 145 Å². The Hall–Kier alpha value is -5.37. The van der Waals surface area contributed by atoms with Gasteiger partial charge in [-0.3, -0.25) is 53.1 Å². The predicted octanol–water partition coefficient (Wildman–Crippen LogP) is 0.413. The van der Waals surface area contributed by atoms with E-state index in [0.29, 0.717) is 56.4 Å². The number of fused-ring (bicyclic) bond motifs is 7. The zero-order valence-electron chi connectivity index (χ0n) is 55.4. The normalized spacial score (nSPS) is 32.8. The minimum atomic E-state index is -5.32. The summed E-state index contributed by atoms with van der Waals surface area (Å²) in [5.74, 6) is -7.40. The quantitative estimate of drug-likeness (QED) is 0.0350. The van der Waals surface area contributed by atoms with Crippen molar-refractivity contribution in [3.63, 3.8) is 0 Å². The van der Waals surface area contributed by atoms with Gasteiger partial charge in [-0.1, -0.05) is 47.1 Å². The number of benzene rings is 1. The molecule has 15 N–H and O–H groups in total. The van der Waals surface area contributed by atoms with Crippen LogP contribution in [0.15, 0.2) is 67.8 Å². The van der Waals surface area contributed by atoms with Gasteiger partial charge in [0.05, 0.1) is 30.1 Å². The summed E-state index contributed by atoms with van der Waals surface area (Å²) < 4.78 is 31.9. The first-order valence-corrected chi connectivity index (χ1v) is 32.2. The molecule has 1 aromatic carbocycles. The number of aromatic nitrogens is 2. The van der Waals surface area contributed by atoms with Crippen LogP contribution in [0.5, 0.6) is 0 Å². The van der Waals surface area contributed by atoms with E-state index in [2.05, 4.69) is 10.3 Å². The number of primary amides is 6. The monoisotopic (exact) mass is 1390 g/mol. The fourth-order valence-electron chi connectivity index (χ4n) is 15.3. The number of allylic oxidation sites excluding steroid dienone is 6. The zero-order valence-corrected chi connectivity index (χ0v) is 60.5. The number of nitrogens with two attached hydrogens (primary N) is 6. The van der Waals surface area contributed by atoms with Crippen molar-refractivity contribution in [3.05, 3.63) is 75.8 Å². The largest absolute Gasteiger partial charge is 3.00 e. The van der Waals surface area contributed by atoms with Crippen LogP contribution in [0.3, 0.4) is 0 Å². The first kappa shape index (κ1) is 79.3. The van der Waals surface area contributed by atoms with Gasteiger partial charge in [-0.05, 0) is 118 Å². The molecular formula is C63H88CoKN14O14P+. The molecule has 508 valence electrons. The minimum Gasteiger partial charge on any atom is -0.756 e. The van der Waals surface area contributed by atoms with E-state index in [9.17, 15) is 53.2 Å². The Morgan fingerprint density at radius 2 is 1.38 bits per heavy atom. The van der Waals surface area contributed by atoms with Crippen LogP contribution in [0.2, 0.25) is 0 Å². The van der Waals surface area contributed by atoms with Gasteiger partial charge >= 0.3 is 68.2 Å². The number of nitrogens with zero attached hydrogens (tertiary/aromatic N) is 7. The molecule has 2 saturated heterocycles. The fraction of sp³-hybridized carbons (Fsp3) is 0.619. The number of hydrogen-bond acceptors (Lipinski definition) is 19. The molecule has 8 bridgehead atoms. The molecule has 15 atom stereocenters. The summed E-state index contributed by atoms with van der Waals surface area (Å²) in [6, 6.07) is 2.65. The Morgan fingerprint density at radius 1 is 0.809 bits per heavy atom. The van der Waals surface area contributed by atoms with E-state index < -0.39 is 143 Å². The number of phosphoric acid groups is 1. The zero-order chi connectivity index (χ0) is 68.7. The number of aliphatic hydroxyl groups is 2. The Labute approximate surface area is 600 Å². The van der Waals surface area contributed by atoms with Gasteiger partial charge in [-0.15, -0.1) is 0 Å². The maximum absolute atomic E-state index is 14.4. The van der Waals surface area contributed by atoms with E-state index in [1.807, 2.05) is 80.5 Å². The van der Waals surface area contributed by atoms with E-state index in [1.54, 1.807) is 6.92 Å². The summed E-state index contributed by atoms with van der Waals surface area (Å²) in [6.45, 7) is 23.7. The van der Waals surface area contributed by atoms with E-state index in [4.69, 9.17) is 80.3 Å². The molecule has 31 heteroatoms. The molecule has 1 aromatic heterocycles. The summed E-state index contributed by atoms with van der Waals surface area (Å²) in [4.78, 5) is 128. The van der Waals surface area contributed by atoms with Gasteiger partial charge in [0, 0.05) is 114 Å². The van der Waals surface area contributed by atoms with Gasteiger partial charge in [-0.25, -0.2) is 4.98 Å². The number of carbonyl (C=O) groups excluding carboxylic acids is 7. The van der Waals surface area contributed by atoms with Crippen LogP contribution in [0.1, 0.15) is 150 Å². The molecule has 28 nitrogen and oxygen atoms in total. The second-order valence-electron chi connectivity index (χ2n) is 27.0. The third kappa shape index (κ3) is 15.6. The molecule has 8 rings (SSSR count). The number of amides is 7. The van der Waals surface area contributed by atoms with Crippen LogP contribution in [0.4, 0.5) is 0 Å². The molecule has 7 amide bonds. The van der Waals surface area contributed by atoms with E-state index >= 15 is 0 Å². The average molecular weight is 1390 g/mol. The summed E-state index contributed by atoms with van der Waals surface area (Å²) >= 11 is 0. The summed E-state index contributed by atoms with van der Waals surface area (Å²) in [7, 11) is -5.32. The number of phosphoric ester groups is 1. The molecule has 6 aliphatic rings. The van der Waals surface area contributed by atoms with Crippen LogP contribution in [-0.4, -0.2) is 127 Å². The van der Waals surface area contributed by atoms with Crippen molar-refractivity contribution in [1.29, 1.82) is 5.26 Å². The van der Waals surface area contributed by atoms with Gasteiger partial charge in [-0.2, -0.15) is 5.70 Å². The number of aliphatic imine (C=N–C) groups is 3. The third-order valence-electron chi connectivity index (χ3n) is 20.5. The fourth-order valence-corrected chi connectivity index (χ4v) is 16.4. The molecule has 2 fully saturated rings. The van der Waals surface area contributed by atoms with Crippen LogP contribution < -0.4 is 96.0 Å². The minimum absolute atomic E-state index is 0. The molecule has 2 unspecified atom stereocenters. The van der Waals surface area contributed by atoms with Crippen molar-refractivity contribution in [2.45, 2.75) is 189 Å². The summed E-state index contributed by atoms with van der Waals surface area (Å²) in [5.41, 5.74) is 36.7. The number of aryl methyl sites for hydroxylation is 2. The SMILES string of the molecule is C/C1=C2N=C(/C=C3N=C(/C(C)=C4\[N-][C@@](C)([C@@H]5N=C1[C@](C)(CCC(=O)NCC(C)OP(=O)([O-])O[C@H]1[C@@H](O)[C@@H](n6cnc7cc(C)c(C)cc76)O[C@@H]1CO)[C@H]5CC(N)=O)[C@@](C)(CC(N)=O)[C@@H]4CCC(N)=O)[C@@](C)(CC(N)=O)[C@@H]\3CCC(N)=O)C(C)(C)[C@@H]/2CCC(N)=O.[C-]#N.[Co+3].[K+]. The smallest absolute Gasteiger partial charge is 0.756 e. The van der Waals surface area contributed by atoms with Crippen molar-refractivity contribution >= 4 is 77.3 Å². The Kier molecular flexibility index (Phi) is 25.8. The van der Waals surface area contributed by atoms with E-state index in [1.165, 1.54) is 17.8 Å². The van der Waals surface area contributed by atoms with Gasteiger partial charge < -0.3 is 90.3 Å². The molecule has 0 aliphatic carbocycles. The number of aliphatic hydroxyl groups excluding tert-OH is 2. The maximum atomic E-state index is 14.4. The molecule has 2 aromatic rings. The number of hydrogen-bond donors (Lipinski definition) is 9. The molecule has 7 heterocycles. The van der Waals surface area contributed by atoms with Crippen LogP contribution in [0.25, 0.3) is 16.4 Å². The first-order chi connectivity index (χ1) is 42.8. The first-order valence-electron chi connectivity index (χ1n) is 30.7. The predicted molar refractivity (Wildman–Crippen MR) is 337 cm³/mol. The Balaban J connectivity index is 0.00000396. The van der Waals surface area contributed by atoms with Crippen LogP contribution >= 0.6 is 7.82 Å². The van der Waals surface area contributed by atoms with Crippen molar-refractivity contribution in [2.24, 2.45) is 94.7 Å². The molecule has 0 radical (unpaired) electrons. The van der Waals surface area contributed by atoms with Gasteiger partial charge in [0.25, 0.3) is 7.82 Å². The van der Waals surface area contributed by atoms with Crippen molar-refractivity contribution in [1.82, 2.24) is 14.9 Å². The van der Waals surface area contributed by atoms with Crippen molar-refractivity contribution < 1.29 is 135 Å². The average Bonchev–Trinajstić information content (AvgIpc) is 1.53. The molecule has 94 heavy (non-hydrogen) atoms. The topological polar surface area (TPSA) is 489 Å². The second kappa shape index (κ2) is 30.6. The Bertz CT molecular complexity index is 3610. The third-order valence-corrected chi connectivity index (χ3v) is 21.6. The number of rotatable bonds is 26. The number of carbonyl (C=O) groups is 7. The van der Waals surface area contributed by atoms with Crippen molar-refractivity contribution in [2.75, 3.05) is 13.2 Å². The molecule has 6 aliphatic heterocycles. The van der Waals surface area contributed by atoms with Crippen molar-refractivity contribution in [3.8, 4) is 0 Å². The number of nitrogens with one attached hydrogen (secondary N) is 1. The second-order valence-corrected chi connectivity index (χ2v) is 28.3. The molecule has 0 saturated carbocycles. The standard InChI is InChI=1S/C62H90N13O14P.CN.Co.K/c1-29-20-39-40(21-30(29)2)75(28-70-39)57-52(84)53(41(27-76)87-57)89-90(85,86)88-31(3)26-69-49(83)18-19-59(8)37(22-46(66)80)56-62(11)61(10,25-48(68)82)36(14-17-45(65)79)51(74-62)33(5)55-60(9,24-47(67)81)34(12-15-43(63)77)38(71-55)23-42-58(6,7)35(13-16-44(64)78)50(72-42)32(4)54(59)73-56;1-2;;/h20-21,23,28,31,34-37,41,52-53,56-57,76,84H,12-19,22,24-27H2,1-11H3,(H15,63,64,65,66,67,68,69,71,72,73,74,77,78,79,80,81,82,83,85,86);;;/q;-1;+3;+1/p-2/t31?,34-,35-,36-,37+,41-,52-,53-,56-,57+,59-,60+,61+,62+;;;/m1.../s1. The van der Waals surface area contributed by atoms with E-state index in [0.717, 1.165) is 11.1 Å². The van der Waals surface area contributed by atoms with Gasteiger partial charge in [0.2, 0.25) is 41.4 Å². The molecular weight excluding hydrogens is 1310 g/mol. The van der Waals surface area contributed by atoms with Gasteiger partial charge in [0.15, 0.2) is 6.23 Å². The van der Waals surface area contributed by atoms with Gasteiger partial charge in [0.1, 0.15) is 18.3 Å². The van der Waals surface area contributed by atoms with Crippen LogP contribution in [0, 0.1) is 71.0 Å². The van der Waals surface area contributed by atoms with Crippen LogP contribution in [-0.2, 0) is 68.7 Å².